The Labute approximate surface area is 73.8 Å². The lowest BCUT2D eigenvalue weighted by atomic mass is 10.3. The number of rotatable bonds is 4. The van der Waals surface area contributed by atoms with Gasteiger partial charge in [-0.1, -0.05) is 0 Å². The minimum atomic E-state index is -0.0640. The fourth-order valence-electron chi connectivity index (χ4n) is 1.73. The highest BCUT2D eigenvalue weighted by Crippen LogP contribution is 2.18. The van der Waals surface area contributed by atoms with Crippen LogP contribution in [0.2, 0.25) is 0 Å². The van der Waals surface area contributed by atoms with Gasteiger partial charge < -0.3 is 10.4 Å². The maximum atomic E-state index is 9.26. The molecule has 0 aromatic carbocycles. The summed E-state index contributed by atoms with van der Waals surface area (Å²) >= 11 is 0. The smallest absolute Gasteiger partial charge is 0.0679 e. The fraction of sp³-hybridized carbons (Fsp3) is 1.00. The molecule has 2 aliphatic rings. The number of β-amino-alcohol motifs (C(OH)–C–C–N with tert-alkyl or cyclic N) is 1. The molecule has 1 aliphatic heterocycles. The third-order valence-corrected chi connectivity index (χ3v) is 2.69. The summed E-state index contributed by atoms with van der Waals surface area (Å²) in [6.45, 7) is 4.16. The number of hydrogen-bond acceptors (Lipinski definition) is 3. The van der Waals surface area contributed by atoms with Gasteiger partial charge >= 0.3 is 0 Å². The topological polar surface area (TPSA) is 35.5 Å². The number of nitrogens with zero attached hydrogens (tertiary/aromatic N) is 1. The molecule has 1 heterocycles. The summed E-state index contributed by atoms with van der Waals surface area (Å²) < 4.78 is 0. The number of aliphatic hydroxyl groups excluding tert-OH is 1. The minimum Gasteiger partial charge on any atom is -0.392 e. The van der Waals surface area contributed by atoms with Crippen LogP contribution in [0.3, 0.4) is 0 Å². The van der Waals surface area contributed by atoms with Gasteiger partial charge in [0.25, 0.3) is 0 Å². The monoisotopic (exact) mass is 170 g/mol. The van der Waals surface area contributed by atoms with E-state index in [1.54, 1.807) is 0 Å². The first-order valence-electron chi connectivity index (χ1n) is 4.98. The molecule has 0 bridgehead atoms. The van der Waals surface area contributed by atoms with Crippen LogP contribution in [0, 0.1) is 0 Å². The molecule has 0 spiro atoms. The van der Waals surface area contributed by atoms with Crippen molar-refractivity contribution in [1.29, 1.82) is 0 Å². The molecule has 3 nitrogen and oxygen atoms in total. The average Bonchev–Trinajstić information content (AvgIpc) is 2.76. The number of hydrogen-bond donors (Lipinski definition) is 2. The van der Waals surface area contributed by atoms with E-state index in [1.807, 2.05) is 0 Å². The van der Waals surface area contributed by atoms with E-state index < -0.39 is 0 Å². The first-order valence-corrected chi connectivity index (χ1v) is 4.98. The van der Waals surface area contributed by atoms with Crippen molar-refractivity contribution in [1.82, 2.24) is 10.2 Å². The van der Waals surface area contributed by atoms with Gasteiger partial charge in [-0.3, -0.25) is 4.90 Å². The molecule has 70 valence electrons. The maximum Gasteiger partial charge on any atom is 0.0679 e. The second-order valence-corrected chi connectivity index (χ2v) is 3.97. The Bertz CT molecular complexity index is 147. The molecular weight excluding hydrogens is 152 g/mol. The summed E-state index contributed by atoms with van der Waals surface area (Å²) in [6.07, 6.45) is 3.63. The van der Waals surface area contributed by atoms with Gasteiger partial charge in [-0.2, -0.15) is 0 Å². The molecule has 0 radical (unpaired) electrons. The lowest BCUT2D eigenvalue weighted by Gasteiger charge is -2.14. The van der Waals surface area contributed by atoms with Crippen molar-refractivity contribution in [3.05, 3.63) is 0 Å². The third-order valence-electron chi connectivity index (χ3n) is 2.69. The van der Waals surface area contributed by atoms with Crippen molar-refractivity contribution in [2.75, 3.05) is 26.2 Å². The van der Waals surface area contributed by atoms with Crippen LogP contribution in [0.15, 0.2) is 0 Å². The first-order chi connectivity index (χ1) is 5.84. The highest BCUT2D eigenvalue weighted by molar-refractivity contribution is 4.82. The van der Waals surface area contributed by atoms with Crippen LogP contribution < -0.4 is 5.32 Å². The van der Waals surface area contributed by atoms with Gasteiger partial charge in [0.1, 0.15) is 0 Å². The maximum absolute atomic E-state index is 9.26. The van der Waals surface area contributed by atoms with E-state index in [0.29, 0.717) is 0 Å². The van der Waals surface area contributed by atoms with Crippen LogP contribution >= 0.6 is 0 Å². The molecule has 12 heavy (non-hydrogen) atoms. The normalized spacial score (nSPS) is 31.2. The molecule has 1 atom stereocenters. The van der Waals surface area contributed by atoms with Crippen LogP contribution in [0.1, 0.15) is 19.3 Å². The van der Waals surface area contributed by atoms with Crippen LogP contribution in [0.4, 0.5) is 0 Å². The standard InChI is InChI=1S/C9H18N2O/c12-9-3-5-11(7-9)6-4-10-8-1-2-8/h8-10,12H,1-7H2. The molecule has 1 unspecified atom stereocenters. The van der Waals surface area contributed by atoms with E-state index in [9.17, 15) is 5.11 Å². The SMILES string of the molecule is OC1CCN(CCNC2CC2)C1. The molecule has 1 saturated heterocycles. The zero-order chi connectivity index (χ0) is 8.39. The quantitative estimate of drug-likeness (QED) is 0.613. The molecule has 1 saturated carbocycles. The molecule has 1 aliphatic carbocycles. The van der Waals surface area contributed by atoms with Gasteiger partial charge in [-0.15, -0.1) is 0 Å². The molecule has 2 rings (SSSR count). The summed E-state index contributed by atoms with van der Waals surface area (Å²) in [4.78, 5) is 2.33. The van der Waals surface area contributed by atoms with E-state index in [2.05, 4.69) is 10.2 Å². The Balaban J connectivity index is 1.54. The van der Waals surface area contributed by atoms with Crippen molar-refractivity contribution < 1.29 is 5.11 Å². The Morgan fingerprint density at radius 1 is 1.33 bits per heavy atom. The molecule has 2 N–H and O–H groups in total. The first kappa shape index (κ1) is 8.48. The van der Waals surface area contributed by atoms with Crippen molar-refractivity contribution >= 4 is 0 Å². The summed E-state index contributed by atoms with van der Waals surface area (Å²) in [5.41, 5.74) is 0. The summed E-state index contributed by atoms with van der Waals surface area (Å²) in [6, 6.07) is 0.817. The lowest BCUT2D eigenvalue weighted by molar-refractivity contribution is 0.176. The van der Waals surface area contributed by atoms with Crippen LogP contribution in [0.5, 0.6) is 0 Å². The largest absolute Gasteiger partial charge is 0.392 e. The van der Waals surface area contributed by atoms with Crippen molar-refractivity contribution in [2.45, 2.75) is 31.4 Å². The van der Waals surface area contributed by atoms with Gasteiger partial charge in [0.2, 0.25) is 0 Å². The zero-order valence-corrected chi connectivity index (χ0v) is 7.50. The minimum absolute atomic E-state index is 0.0640. The number of likely N-dealkylation sites (tertiary alicyclic amines) is 1. The lowest BCUT2D eigenvalue weighted by Crippen LogP contribution is -2.32. The van der Waals surface area contributed by atoms with Crippen molar-refractivity contribution in [3.8, 4) is 0 Å². The van der Waals surface area contributed by atoms with Gasteiger partial charge in [-0.05, 0) is 19.3 Å². The van der Waals surface area contributed by atoms with Gasteiger partial charge in [0.15, 0.2) is 0 Å². The summed E-state index contributed by atoms with van der Waals surface area (Å²) in [5, 5.41) is 12.7. The van der Waals surface area contributed by atoms with E-state index in [0.717, 1.165) is 38.6 Å². The van der Waals surface area contributed by atoms with Crippen molar-refractivity contribution in [2.24, 2.45) is 0 Å². The Hall–Kier alpha value is -0.120. The van der Waals surface area contributed by atoms with E-state index >= 15 is 0 Å². The van der Waals surface area contributed by atoms with Crippen LogP contribution in [-0.4, -0.2) is 48.3 Å². The highest BCUT2D eigenvalue weighted by atomic mass is 16.3. The summed E-state index contributed by atoms with van der Waals surface area (Å²) in [5.74, 6) is 0. The van der Waals surface area contributed by atoms with E-state index in [1.165, 1.54) is 12.8 Å². The molecule has 0 amide bonds. The average molecular weight is 170 g/mol. The van der Waals surface area contributed by atoms with Gasteiger partial charge in [-0.25, -0.2) is 0 Å². The zero-order valence-electron chi connectivity index (χ0n) is 7.50. The van der Waals surface area contributed by atoms with Crippen LogP contribution in [-0.2, 0) is 0 Å². The van der Waals surface area contributed by atoms with Crippen molar-refractivity contribution in [3.63, 3.8) is 0 Å². The molecule has 3 heteroatoms. The fourth-order valence-corrected chi connectivity index (χ4v) is 1.73. The van der Waals surface area contributed by atoms with Gasteiger partial charge in [0.05, 0.1) is 6.10 Å². The van der Waals surface area contributed by atoms with Crippen LogP contribution in [0.25, 0.3) is 0 Å². The van der Waals surface area contributed by atoms with E-state index in [4.69, 9.17) is 0 Å². The van der Waals surface area contributed by atoms with Gasteiger partial charge in [0, 0.05) is 32.2 Å². The molecule has 0 aromatic heterocycles. The number of nitrogens with one attached hydrogen (secondary N) is 1. The Morgan fingerprint density at radius 3 is 2.75 bits per heavy atom. The molecule has 2 fully saturated rings. The molecular formula is C9H18N2O. The Morgan fingerprint density at radius 2 is 2.17 bits per heavy atom. The van der Waals surface area contributed by atoms with E-state index in [-0.39, 0.29) is 6.10 Å². The predicted octanol–water partition coefficient (Wildman–Crippen LogP) is -0.195. The molecule has 0 aromatic rings. The number of aliphatic hydroxyl groups is 1. The second kappa shape index (κ2) is 3.73. The predicted molar refractivity (Wildman–Crippen MR) is 48.1 cm³/mol. The Kier molecular flexibility index (Phi) is 2.63. The highest BCUT2D eigenvalue weighted by Gasteiger charge is 2.22. The summed E-state index contributed by atoms with van der Waals surface area (Å²) in [7, 11) is 0. The third kappa shape index (κ3) is 2.44. The second-order valence-electron chi connectivity index (χ2n) is 3.97.